The number of nitrogens with zero attached hydrogens (tertiary/aromatic N) is 2. The predicted molar refractivity (Wildman–Crippen MR) is 82.3 cm³/mol. The smallest absolute Gasteiger partial charge is 0.251 e. The molecule has 110 valence electrons. The minimum atomic E-state index is -0.0501. The third kappa shape index (κ3) is 4.78. The second-order valence-corrected chi connectivity index (χ2v) is 5.70. The molecule has 1 amide bonds. The van der Waals surface area contributed by atoms with Crippen molar-refractivity contribution in [1.82, 2.24) is 15.1 Å². The van der Waals surface area contributed by atoms with Crippen LogP contribution in [0.4, 0.5) is 0 Å². The van der Waals surface area contributed by atoms with E-state index in [-0.39, 0.29) is 5.91 Å². The van der Waals surface area contributed by atoms with Gasteiger partial charge >= 0.3 is 0 Å². The van der Waals surface area contributed by atoms with E-state index in [1.165, 1.54) is 0 Å². The lowest BCUT2D eigenvalue weighted by molar-refractivity contribution is 0.0949. The SMILES string of the molecule is CN1CCN(CCCNC(=O)c2cccc(Cl)c2)CC1. The van der Waals surface area contributed by atoms with Gasteiger partial charge in [-0.25, -0.2) is 0 Å². The van der Waals surface area contributed by atoms with Gasteiger partial charge < -0.3 is 15.1 Å². The molecule has 0 saturated carbocycles. The number of nitrogens with one attached hydrogen (secondary N) is 1. The highest BCUT2D eigenvalue weighted by Gasteiger charge is 2.13. The van der Waals surface area contributed by atoms with Gasteiger partial charge in [0, 0.05) is 43.3 Å². The van der Waals surface area contributed by atoms with Crippen LogP contribution >= 0.6 is 11.6 Å². The van der Waals surface area contributed by atoms with Crippen LogP contribution in [-0.2, 0) is 0 Å². The molecule has 4 nitrogen and oxygen atoms in total. The summed E-state index contributed by atoms with van der Waals surface area (Å²) in [5.41, 5.74) is 0.622. The van der Waals surface area contributed by atoms with Crippen molar-refractivity contribution in [3.8, 4) is 0 Å². The fraction of sp³-hybridized carbons (Fsp3) is 0.533. The maximum atomic E-state index is 11.9. The summed E-state index contributed by atoms with van der Waals surface area (Å²) in [7, 11) is 2.16. The first-order valence-corrected chi connectivity index (χ1v) is 7.47. The van der Waals surface area contributed by atoms with Gasteiger partial charge in [-0.1, -0.05) is 17.7 Å². The summed E-state index contributed by atoms with van der Waals surface area (Å²) in [5, 5.41) is 3.53. The van der Waals surface area contributed by atoms with Crippen molar-refractivity contribution in [2.24, 2.45) is 0 Å². The van der Waals surface area contributed by atoms with Gasteiger partial charge in [-0.05, 0) is 38.2 Å². The lowest BCUT2D eigenvalue weighted by Crippen LogP contribution is -2.45. The lowest BCUT2D eigenvalue weighted by atomic mass is 10.2. The molecule has 0 spiro atoms. The molecule has 0 unspecified atom stereocenters. The molecule has 1 aliphatic heterocycles. The Morgan fingerprint density at radius 1 is 1.30 bits per heavy atom. The van der Waals surface area contributed by atoms with Crippen LogP contribution < -0.4 is 5.32 Å². The molecule has 0 aliphatic carbocycles. The van der Waals surface area contributed by atoms with Crippen LogP contribution in [0.3, 0.4) is 0 Å². The third-order valence-electron chi connectivity index (χ3n) is 3.62. The second-order valence-electron chi connectivity index (χ2n) is 5.26. The lowest BCUT2D eigenvalue weighted by Gasteiger charge is -2.32. The first kappa shape index (κ1) is 15.3. The van der Waals surface area contributed by atoms with Gasteiger partial charge in [-0.15, -0.1) is 0 Å². The van der Waals surface area contributed by atoms with E-state index >= 15 is 0 Å². The first-order chi connectivity index (χ1) is 9.65. The quantitative estimate of drug-likeness (QED) is 0.840. The van der Waals surface area contributed by atoms with Crippen LogP contribution in [-0.4, -0.2) is 62.0 Å². The van der Waals surface area contributed by atoms with E-state index in [0.717, 1.165) is 39.1 Å². The zero-order valence-electron chi connectivity index (χ0n) is 11.9. The van der Waals surface area contributed by atoms with E-state index in [1.54, 1.807) is 24.3 Å². The maximum Gasteiger partial charge on any atom is 0.251 e. The van der Waals surface area contributed by atoms with E-state index in [4.69, 9.17) is 11.6 Å². The molecule has 1 heterocycles. The molecule has 0 bridgehead atoms. The van der Waals surface area contributed by atoms with Gasteiger partial charge in [0.05, 0.1) is 0 Å². The Balaban J connectivity index is 1.64. The van der Waals surface area contributed by atoms with Crippen LogP contribution in [0.2, 0.25) is 5.02 Å². The van der Waals surface area contributed by atoms with E-state index in [2.05, 4.69) is 22.2 Å². The Hall–Kier alpha value is -1.10. The number of likely N-dealkylation sites (N-methyl/N-ethyl adjacent to an activating group) is 1. The summed E-state index contributed by atoms with van der Waals surface area (Å²) in [6, 6.07) is 7.03. The number of rotatable bonds is 5. The average Bonchev–Trinajstić information content (AvgIpc) is 2.45. The van der Waals surface area contributed by atoms with Gasteiger partial charge in [0.1, 0.15) is 0 Å². The molecule has 2 rings (SSSR count). The van der Waals surface area contributed by atoms with Crippen molar-refractivity contribution in [3.63, 3.8) is 0 Å². The first-order valence-electron chi connectivity index (χ1n) is 7.10. The summed E-state index contributed by atoms with van der Waals surface area (Å²) >= 11 is 5.87. The summed E-state index contributed by atoms with van der Waals surface area (Å²) < 4.78 is 0. The van der Waals surface area contributed by atoms with Crippen molar-refractivity contribution in [3.05, 3.63) is 34.9 Å². The van der Waals surface area contributed by atoms with Crippen molar-refractivity contribution >= 4 is 17.5 Å². The van der Waals surface area contributed by atoms with Gasteiger partial charge in [0.25, 0.3) is 5.91 Å². The number of carbonyl (C=O) groups excluding carboxylic acids is 1. The fourth-order valence-corrected chi connectivity index (χ4v) is 2.50. The maximum absolute atomic E-state index is 11.9. The molecule has 0 aromatic heterocycles. The molecule has 1 aromatic rings. The van der Waals surface area contributed by atoms with Crippen LogP contribution in [0.5, 0.6) is 0 Å². The Kier molecular flexibility index (Phi) is 5.83. The molecule has 1 fully saturated rings. The standard InChI is InChI=1S/C15H22ClN3O/c1-18-8-10-19(11-9-18)7-3-6-17-15(20)13-4-2-5-14(16)12-13/h2,4-5,12H,3,6-11H2,1H3,(H,17,20). The minimum absolute atomic E-state index is 0.0501. The summed E-state index contributed by atoms with van der Waals surface area (Å²) in [6.45, 7) is 6.27. The number of amides is 1. The monoisotopic (exact) mass is 295 g/mol. The van der Waals surface area contributed by atoms with E-state index in [0.29, 0.717) is 17.1 Å². The van der Waals surface area contributed by atoms with Gasteiger partial charge in [-0.3, -0.25) is 4.79 Å². The van der Waals surface area contributed by atoms with Crippen molar-refractivity contribution < 1.29 is 4.79 Å². The molecule has 0 radical (unpaired) electrons. The van der Waals surface area contributed by atoms with Crippen LogP contribution in [0.1, 0.15) is 16.8 Å². The number of hydrogen-bond donors (Lipinski definition) is 1. The normalized spacial score (nSPS) is 17.1. The third-order valence-corrected chi connectivity index (χ3v) is 3.85. The van der Waals surface area contributed by atoms with E-state index in [9.17, 15) is 4.79 Å². The molecule has 1 N–H and O–H groups in total. The molecular weight excluding hydrogens is 274 g/mol. The summed E-state index contributed by atoms with van der Waals surface area (Å²) in [5.74, 6) is -0.0501. The van der Waals surface area contributed by atoms with Gasteiger partial charge in [0.15, 0.2) is 0 Å². The second kappa shape index (κ2) is 7.62. The predicted octanol–water partition coefficient (Wildman–Crippen LogP) is 1.71. The number of piperazine rings is 1. The summed E-state index contributed by atoms with van der Waals surface area (Å²) in [4.78, 5) is 16.7. The Labute approximate surface area is 125 Å². The number of halogens is 1. The highest BCUT2D eigenvalue weighted by Crippen LogP contribution is 2.10. The Bertz CT molecular complexity index is 444. The van der Waals surface area contributed by atoms with Gasteiger partial charge in [-0.2, -0.15) is 0 Å². The zero-order valence-corrected chi connectivity index (χ0v) is 12.7. The minimum Gasteiger partial charge on any atom is -0.352 e. The number of hydrogen-bond acceptors (Lipinski definition) is 3. The average molecular weight is 296 g/mol. The van der Waals surface area contributed by atoms with Crippen LogP contribution in [0, 0.1) is 0 Å². The van der Waals surface area contributed by atoms with Crippen molar-refractivity contribution in [1.29, 1.82) is 0 Å². The Morgan fingerprint density at radius 2 is 2.05 bits per heavy atom. The molecule has 1 saturated heterocycles. The van der Waals surface area contributed by atoms with Gasteiger partial charge in [0.2, 0.25) is 0 Å². The molecule has 0 atom stereocenters. The van der Waals surface area contributed by atoms with E-state index in [1.807, 2.05) is 0 Å². The fourth-order valence-electron chi connectivity index (χ4n) is 2.31. The highest BCUT2D eigenvalue weighted by molar-refractivity contribution is 6.30. The van der Waals surface area contributed by atoms with Crippen molar-refractivity contribution in [2.75, 3.05) is 46.3 Å². The van der Waals surface area contributed by atoms with Crippen molar-refractivity contribution in [2.45, 2.75) is 6.42 Å². The molecule has 20 heavy (non-hydrogen) atoms. The molecule has 1 aromatic carbocycles. The topological polar surface area (TPSA) is 35.6 Å². The molecule has 1 aliphatic rings. The summed E-state index contributed by atoms with van der Waals surface area (Å²) in [6.07, 6.45) is 0.982. The van der Waals surface area contributed by atoms with Crippen LogP contribution in [0.25, 0.3) is 0 Å². The van der Waals surface area contributed by atoms with E-state index < -0.39 is 0 Å². The number of carbonyl (C=O) groups is 1. The van der Waals surface area contributed by atoms with Crippen LogP contribution in [0.15, 0.2) is 24.3 Å². The highest BCUT2D eigenvalue weighted by atomic mass is 35.5. The largest absolute Gasteiger partial charge is 0.352 e. The number of benzene rings is 1. The molecule has 5 heteroatoms. The zero-order chi connectivity index (χ0) is 14.4. The Morgan fingerprint density at radius 3 is 2.75 bits per heavy atom. The molecular formula is C15H22ClN3O.